The highest BCUT2D eigenvalue weighted by Gasteiger charge is 2.20. The van der Waals surface area contributed by atoms with E-state index in [-0.39, 0.29) is 0 Å². The van der Waals surface area contributed by atoms with Crippen molar-refractivity contribution in [2.24, 2.45) is 0 Å². The number of rotatable bonds is 6. The normalized spacial score (nSPS) is 14.2. The molecule has 1 saturated carbocycles. The minimum absolute atomic E-state index is 0.567. The van der Waals surface area contributed by atoms with Crippen molar-refractivity contribution in [1.29, 1.82) is 0 Å². The van der Waals surface area contributed by atoms with Crippen LogP contribution < -0.4 is 10.1 Å². The molecule has 21 heavy (non-hydrogen) atoms. The fraction of sp³-hybridized carbons (Fsp3) is 0.294. The summed E-state index contributed by atoms with van der Waals surface area (Å²) in [4.78, 5) is 0. The van der Waals surface area contributed by atoms with Gasteiger partial charge in [-0.25, -0.2) is 0 Å². The molecule has 3 rings (SSSR count). The molecule has 4 heteroatoms. The maximum absolute atomic E-state index is 5.93. The van der Waals surface area contributed by atoms with Crippen molar-refractivity contribution in [2.45, 2.75) is 32.0 Å². The summed E-state index contributed by atoms with van der Waals surface area (Å²) in [5.41, 5.74) is 2.42. The first-order chi connectivity index (χ1) is 10.2. The van der Waals surface area contributed by atoms with Crippen LogP contribution >= 0.6 is 31.9 Å². The van der Waals surface area contributed by atoms with E-state index in [9.17, 15) is 0 Å². The Morgan fingerprint density at radius 3 is 2.29 bits per heavy atom. The van der Waals surface area contributed by atoms with Gasteiger partial charge in [0.15, 0.2) is 0 Å². The van der Waals surface area contributed by atoms with Gasteiger partial charge in [-0.2, -0.15) is 0 Å². The Bertz CT molecular complexity index is 588. The molecule has 2 aromatic rings. The van der Waals surface area contributed by atoms with E-state index in [0.29, 0.717) is 6.61 Å². The lowest BCUT2D eigenvalue weighted by Crippen LogP contribution is -2.15. The average Bonchev–Trinajstić information content (AvgIpc) is 3.29. The summed E-state index contributed by atoms with van der Waals surface area (Å²) >= 11 is 7.22. The molecule has 0 atom stereocenters. The average molecular weight is 411 g/mol. The molecule has 0 saturated heterocycles. The standard InChI is InChI=1S/C17H17Br2NO/c18-15-8-13(10-20-14-6-7-14)9-16(19)17(15)21-11-12-4-2-1-3-5-12/h1-5,8-9,14,20H,6-7,10-11H2. The van der Waals surface area contributed by atoms with E-state index >= 15 is 0 Å². The lowest BCUT2D eigenvalue weighted by Gasteiger charge is -2.13. The Balaban J connectivity index is 1.66. The van der Waals surface area contributed by atoms with Gasteiger partial charge in [0.25, 0.3) is 0 Å². The molecule has 1 N–H and O–H groups in total. The van der Waals surface area contributed by atoms with Crippen LogP contribution in [0.15, 0.2) is 51.4 Å². The molecule has 110 valence electrons. The Morgan fingerprint density at radius 2 is 1.67 bits per heavy atom. The molecule has 0 unspecified atom stereocenters. The highest BCUT2D eigenvalue weighted by molar-refractivity contribution is 9.11. The minimum Gasteiger partial charge on any atom is -0.487 e. The highest BCUT2D eigenvalue weighted by atomic mass is 79.9. The second-order valence-electron chi connectivity index (χ2n) is 5.32. The van der Waals surface area contributed by atoms with Crippen molar-refractivity contribution in [3.63, 3.8) is 0 Å². The van der Waals surface area contributed by atoms with Crippen LogP contribution in [-0.4, -0.2) is 6.04 Å². The predicted molar refractivity (Wildman–Crippen MR) is 92.5 cm³/mol. The van der Waals surface area contributed by atoms with E-state index in [4.69, 9.17) is 4.74 Å². The van der Waals surface area contributed by atoms with Gasteiger partial charge in [-0.15, -0.1) is 0 Å². The summed E-state index contributed by atoms with van der Waals surface area (Å²) in [6, 6.07) is 15.2. The molecular formula is C17H17Br2NO. The van der Waals surface area contributed by atoms with Crippen LogP contribution in [0.25, 0.3) is 0 Å². The van der Waals surface area contributed by atoms with Crippen molar-refractivity contribution < 1.29 is 4.74 Å². The van der Waals surface area contributed by atoms with Crippen molar-refractivity contribution in [2.75, 3.05) is 0 Å². The number of hydrogen-bond acceptors (Lipinski definition) is 2. The molecule has 0 radical (unpaired) electrons. The molecule has 2 aromatic carbocycles. The van der Waals surface area contributed by atoms with Crippen molar-refractivity contribution in [3.8, 4) is 5.75 Å². The second-order valence-corrected chi connectivity index (χ2v) is 7.03. The number of halogens is 2. The number of hydrogen-bond donors (Lipinski definition) is 1. The van der Waals surface area contributed by atoms with E-state index in [1.54, 1.807) is 0 Å². The topological polar surface area (TPSA) is 21.3 Å². The molecule has 2 nitrogen and oxygen atoms in total. The fourth-order valence-electron chi connectivity index (χ4n) is 2.13. The maximum atomic E-state index is 5.93. The minimum atomic E-state index is 0.567. The first-order valence-electron chi connectivity index (χ1n) is 7.10. The van der Waals surface area contributed by atoms with Gasteiger partial charge < -0.3 is 10.1 Å². The van der Waals surface area contributed by atoms with E-state index in [1.807, 2.05) is 18.2 Å². The summed E-state index contributed by atoms with van der Waals surface area (Å²) < 4.78 is 7.91. The molecule has 1 aliphatic rings. The van der Waals surface area contributed by atoms with E-state index in [0.717, 1.165) is 32.8 Å². The van der Waals surface area contributed by atoms with E-state index in [1.165, 1.54) is 18.4 Å². The van der Waals surface area contributed by atoms with Crippen LogP contribution in [-0.2, 0) is 13.2 Å². The van der Waals surface area contributed by atoms with Crippen LogP contribution in [0.5, 0.6) is 5.75 Å². The van der Waals surface area contributed by atoms with Gasteiger partial charge in [0.2, 0.25) is 0 Å². The molecule has 1 fully saturated rings. The predicted octanol–water partition coefficient (Wildman–Crippen LogP) is 5.04. The van der Waals surface area contributed by atoms with E-state index < -0.39 is 0 Å². The SMILES string of the molecule is Brc1cc(CNC2CC2)cc(Br)c1OCc1ccccc1. The lowest BCUT2D eigenvalue weighted by molar-refractivity contribution is 0.302. The zero-order valence-electron chi connectivity index (χ0n) is 11.6. The molecule has 0 aromatic heterocycles. The van der Waals surface area contributed by atoms with Gasteiger partial charge in [0, 0.05) is 12.6 Å². The zero-order valence-corrected chi connectivity index (χ0v) is 14.8. The van der Waals surface area contributed by atoms with Crippen LogP contribution in [0, 0.1) is 0 Å². The monoisotopic (exact) mass is 409 g/mol. The summed E-state index contributed by atoms with van der Waals surface area (Å²) in [6.45, 7) is 1.47. The van der Waals surface area contributed by atoms with Gasteiger partial charge in [0.05, 0.1) is 8.95 Å². The maximum Gasteiger partial charge on any atom is 0.148 e. The molecule has 0 aliphatic heterocycles. The summed E-state index contributed by atoms with van der Waals surface area (Å²) in [7, 11) is 0. The van der Waals surface area contributed by atoms with Gasteiger partial charge >= 0.3 is 0 Å². The molecular weight excluding hydrogens is 394 g/mol. The molecule has 0 amide bonds. The molecule has 1 aliphatic carbocycles. The van der Waals surface area contributed by atoms with Crippen LogP contribution in [0.1, 0.15) is 24.0 Å². The Labute approximate surface area is 142 Å². The molecule has 0 heterocycles. The third kappa shape index (κ3) is 4.31. The number of nitrogens with one attached hydrogen (secondary N) is 1. The third-order valence-electron chi connectivity index (χ3n) is 3.46. The summed E-state index contributed by atoms with van der Waals surface area (Å²) in [5, 5.41) is 3.52. The van der Waals surface area contributed by atoms with Crippen molar-refractivity contribution in [1.82, 2.24) is 5.32 Å². The van der Waals surface area contributed by atoms with Crippen molar-refractivity contribution >= 4 is 31.9 Å². The molecule has 0 spiro atoms. The second kappa shape index (κ2) is 6.95. The summed E-state index contributed by atoms with van der Waals surface area (Å²) in [5.74, 6) is 0.856. The Morgan fingerprint density at radius 1 is 1.00 bits per heavy atom. The van der Waals surface area contributed by atoms with Crippen LogP contribution in [0.2, 0.25) is 0 Å². The molecule has 0 bridgehead atoms. The largest absolute Gasteiger partial charge is 0.487 e. The van der Waals surface area contributed by atoms with Gasteiger partial charge in [-0.1, -0.05) is 30.3 Å². The van der Waals surface area contributed by atoms with Gasteiger partial charge in [-0.3, -0.25) is 0 Å². The lowest BCUT2D eigenvalue weighted by atomic mass is 10.2. The smallest absolute Gasteiger partial charge is 0.148 e. The summed E-state index contributed by atoms with van der Waals surface area (Å²) in [6.07, 6.45) is 2.61. The van der Waals surface area contributed by atoms with Crippen LogP contribution in [0.4, 0.5) is 0 Å². The zero-order chi connectivity index (χ0) is 14.7. The van der Waals surface area contributed by atoms with E-state index in [2.05, 4.69) is 61.4 Å². The quantitative estimate of drug-likeness (QED) is 0.719. The third-order valence-corrected chi connectivity index (χ3v) is 4.63. The van der Waals surface area contributed by atoms with Gasteiger partial charge in [0.1, 0.15) is 12.4 Å². The number of benzene rings is 2. The van der Waals surface area contributed by atoms with Gasteiger partial charge in [-0.05, 0) is 68.0 Å². The Hall–Kier alpha value is -0.840. The Kier molecular flexibility index (Phi) is 4.99. The number of ether oxygens (including phenoxy) is 1. The highest BCUT2D eigenvalue weighted by Crippen LogP contribution is 2.35. The fourth-order valence-corrected chi connectivity index (χ4v) is 3.64. The first-order valence-corrected chi connectivity index (χ1v) is 8.69. The van der Waals surface area contributed by atoms with Crippen LogP contribution in [0.3, 0.4) is 0 Å². The first kappa shape index (κ1) is 15.1. The van der Waals surface area contributed by atoms with Crippen molar-refractivity contribution in [3.05, 3.63) is 62.5 Å².